The van der Waals surface area contributed by atoms with Crippen LogP contribution >= 0.6 is 11.8 Å². The zero-order valence-electron chi connectivity index (χ0n) is 10.3. The maximum Gasteiger partial charge on any atom is 0.329 e. The Balaban J connectivity index is 2.57. The van der Waals surface area contributed by atoms with E-state index < -0.39 is 11.5 Å². The van der Waals surface area contributed by atoms with E-state index >= 15 is 0 Å². The van der Waals surface area contributed by atoms with Gasteiger partial charge >= 0.3 is 5.97 Å². The summed E-state index contributed by atoms with van der Waals surface area (Å²) in [6.07, 6.45) is 4.52. The molecule has 0 aliphatic heterocycles. The standard InChI is InChI=1S/C12H17NO4S/c1-3-4-5-9(14)13-12(11(16)17)7-8(12)6-10(15)18-2/h3,8H,1,4-7H2,2H3,(H,13,14)(H,16,17)/t8?,12-/m1/s1. The fraction of sp³-hybridized carbons (Fsp3) is 0.583. The number of rotatable bonds is 7. The van der Waals surface area contributed by atoms with Crippen molar-refractivity contribution in [2.45, 2.75) is 31.2 Å². The molecule has 1 aliphatic carbocycles. The minimum absolute atomic E-state index is 0.0523. The van der Waals surface area contributed by atoms with Crippen LogP contribution in [0.25, 0.3) is 0 Å². The molecular weight excluding hydrogens is 254 g/mol. The molecule has 1 rings (SSSR count). The van der Waals surface area contributed by atoms with Crippen molar-refractivity contribution in [3.8, 4) is 0 Å². The minimum atomic E-state index is -1.23. The highest BCUT2D eigenvalue weighted by atomic mass is 32.2. The molecule has 0 heterocycles. The molecule has 2 atom stereocenters. The molecule has 1 amide bonds. The zero-order chi connectivity index (χ0) is 13.8. The maximum absolute atomic E-state index is 11.6. The van der Waals surface area contributed by atoms with Crippen LogP contribution in [0.2, 0.25) is 0 Å². The molecule has 0 aromatic rings. The summed E-state index contributed by atoms with van der Waals surface area (Å²) in [4.78, 5) is 34.0. The van der Waals surface area contributed by atoms with Crippen molar-refractivity contribution in [3.05, 3.63) is 12.7 Å². The fourth-order valence-electron chi connectivity index (χ4n) is 1.87. The van der Waals surface area contributed by atoms with E-state index in [0.29, 0.717) is 12.8 Å². The molecule has 6 heteroatoms. The van der Waals surface area contributed by atoms with Crippen molar-refractivity contribution in [3.63, 3.8) is 0 Å². The Bertz CT molecular complexity index is 382. The molecule has 0 radical (unpaired) electrons. The largest absolute Gasteiger partial charge is 0.479 e. The molecule has 0 aromatic carbocycles. The SMILES string of the molecule is C=CCCC(=O)N[C@]1(C(=O)O)CC1CC(=O)SC. The first kappa shape index (κ1) is 14.8. The average Bonchev–Trinajstić information content (AvgIpc) is 3.00. The lowest BCUT2D eigenvalue weighted by Crippen LogP contribution is -2.45. The topological polar surface area (TPSA) is 83.5 Å². The van der Waals surface area contributed by atoms with Crippen LogP contribution < -0.4 is 5.32 Å². The maximum atomic E-state index is 11.6. The molecule has 18 heavy (non-hydrogen) atoms. The summed E-state index contributed by atoms with van der Waals surface area (Å²) < 4.78 is 0. The lowest BCUT2D eigenvalue weighted by atomic mass is 10.1. The van der Waals surface area contributed by atoms with E-state index in [-0.39, 0.29) is 29.8 Å². The van der Waals surface area contributed by atoms with Crippen LogP contribution in [-0.4, -0.2) is 33.9 Å². The van der Waals surface area contributed by atoms with Crippen LogP contribution in [0.1, 0.15) is 25.7 Å². The third-order valence-corrected chi connectivity index (χ3v) is 3.69. The number of carboxylic acids is 1. The van der Waals surface area contributed by atoms with Crippen molar-refractivity contribution in [1.29, 1.82) is 0 Å². The third kappa shape index (κ3) is 3.35. The smallest absolute Gasteiger partial charge is 0.329 e. The van der Waals surface area contributed by atoms with Crippen LogP contribution in [0, 0.1) is 5.92 Å². The van der Waals surface area contributed by atoms with Gasteiger partial charge in [0, 0.05) is 18.8 Å². The number of thioether (sulfide) groups is 1. The van der Waals surface area contributed by atoms with Gasteiger partial charge in [0.1, 0.15) is 5.54 Å². The van der Waals surface area contributed by atoms with Crippen LogP contribution in [-0.2, 0) is 14.4 Å². The van der Waals surface area contributed by atoms with Gasteiger partial charge in [-0.25, -0.2) is 4.79 Å². The quantitative estimate of drug-likeness (QED) is 0.680. The van der Waals surface area contributed by atoms with Crippen LogP contribution in [0.5, 0.6) is 0 Å². The van der Waals surface area contributed by atoms with Gasteiger partial charge in [-0.1, -0.05) is 17.8 Å². The number of amides is 1. The Morgan fingerprint density at radius 3 is 2.72 bits per heavy atom. The number of hydrogen-bond donors (Lipinski definition) is 2. The minimum Gasteiger partial charge on any atom is -0.479 e. The molecule has 0 spiro atoms. The lowest BCUT2D eigenvalue weighted by Gasteiger charge is -2.14. The monoisotopic (exact) mass is 271 g/mol. The predicted octanol–water partition coefficient (Wildman–Crippen LogP) is 1.19. The summed E-state index contributed by atoms with van der Waals surface area (Å²) in [6.45, 7) is 3.50. The first-order valence-corrected chi connectivity index (χ1v) is 6.91. The Kier molecular flexibility index (Phi) is 4.95. The summed E-state index contributed by atoms with van der Waals surface area (Å²) in [5.41, 5.74) is -1.23. The van der Waals surface area contributed by atoms with Crippen molar-refractivity contribution in [1.82, 2.24) is 5.32 Å². The molecule has 1 unspecified atom stereocenters. The molecule has 1 saturated carbocycles. The van der Waals surface area contributed by atoms with Gasteiger partial charge in [0.15, 0.2) is 5.12 Å². The van der Waals surface area contributed by atoms with Crippen LogP contribution in [0.3, 0.4) is 0 Å². The van der Waals surface area contributed by atoms with E-state index in [1.807, 2.05) is 0 Å². The van der Waals surface area contributed by atoms with Gasteiger partial charge in [-0.2, -0.15) is 0 Å². The highest BCUT2D eigenvalue weighted by molar-refractivity contribution is 8.13. The summed E-state index contributed by atoms with van der Waals surface area (Å²) in [5, 5.41) is 11.7. The number of nitrogens with one attached hydrogen (secondary N) is 1. The number of carbonyl (C=O) groups is 3. The van der Waals surface area contributed by atoms with E-state index in [2.05, 4.69) is 11.9 Å². The van der Waals surface area contributed by atoms with Gasteiger partial charge in [0.2, 0.25) is 5.91 Å². The van der Waals surface area contributed by atoms with Crippen molar-refractivity contribution in [2.24, 2.45) is 5.92 Å². The van der Waals surface area contributed by atoms with Crippen molar-refractivity contribution < 1.29 is 19.5 Å². The molecule has 1 aliphatic rings. The summed E-state index contributed by atoms with van der Waals surface area (Å²) >= 11 is 1.08. The van der Waals surface area contributed by atoms with Crippen molar-refractivity contribution >= 4 is 28.8 Å². The Morgan fingerprint density at radius 1 is 1.56 bits per heavy atom. The zero-order valence-corrected chi connectivity index (χ0v) is 11.1. The molecule has 5 nitrogen and oxygen atoms in total. The van der Waals surface area contributed by atoms with Gasteiger partial charge in [-0.3, -0.25) is 9.59 Å². The number of carboxylic acid groups (broad SMARTS) is 1. The van der Waals surface area contributed by atoms with Gasteiger partial charge in [-0.05, 0) is 19.1 Å². The van der Waals surface area contributed by atoms with E-state index in [4.69, 9.17) is 0 Å². The molecule has 2 N–H and O–H groups in total. The number of hydrogen-bond acceptors (Lipinski definition) is 4. The normalized spacial score (nSPS) is 25.3. The number of carbonyl (C=O) groups excluding carboxylic acids is 2. The first-order valence-electron chi connectivity index (χ1n) is 5.68. The summed E-state index contributed by atoms with van der Waals surface area (Å²) in [5.74, 6) is -1.66. The molecule has 0 aromatic heterocycles. The lowest BCUT2D eigenvalue weighted by molar-refractivity contribution is -0.143. The van der Waals surface area contributed by atoms with Gasteiger partial charge in [0.25, 0.3) is 0 Å². The summed E-state index contributed by atoms with van der Waals surface area (Å²) in [7, 11) is 0. The van der Waals surface area contributed by atoms with E-state index in [0.717, 1.165) is 11.8 Å². The molecular formula is C12H17NO4S. The molecule has 0 bridgehead atoms. The third-order valence-electron chi connectivity index (χ3n) is 3.07. The van der Waals surface area contributed by atoms with Crippen LogP contribution in [0.4, 0.5) is 0 Å². The van der Waals surface area contributed by atoms with E-state index in [1.54, 1.807) is 12.3 Å². The highest BCUT2D eigenvalue weighted by Gasteiger charge is 2.61. The summed E-state index contributed by atoms with van der Waals surface area (Å²) in [6, 6.07) is 0. The van der Waals surface area contributed by atoms with Gasteiger partial charge in [-0.15, -0.1) is 6.58 Å². The second-order valence-corrected chi connectivity index (χ2v) is 5.20. The molecule has 0 saturated heterocycles. The molecule has 1 fully saturated rings. The van der Waals surface area contributed by atoms with E-state index in [1.165, 1.54) is 0 Å². The number of allylic oxidation sites excluding steroid dienone is 1. The molecule has 100 valence electrons. The fourth-order valence-corrected chi connectivity index (χ4v) is 2.24. The van der Waals surface area contributed by atoms with E-state index in [9.17, 15) is 19.5 Å². The Labute approximate surface area is 110 Å². The van der Waals surface area contributed by atoms with Crippen LogP contribution in [0.15, 0.2) is 12.7 Å². The Hall–Kier alpha value is -1.30. The highest BCUT2D eigenvalue weighted by Crippen LogP contribution is 2.47. The number of aliphatic carboxylic acids is 1. The Morgan fingerprint density at radius 2 is 2.22 bits per heavy atom. The average molecular weight is 271 g/mol. The van der Waals surface area contributed by atoms with Gasteiger partial charge in [0.05, 0.1) is 0 Å². The van der Waals surface area contributed by atoms with Crippen molar-refractivity contribution in [2.75, 3.05) is 6.26 Å². The second kappa shape index (κ2) is 6.04. The second-order valence-electron chi connectivity index (χ2n) is 4.33. The first-order chi connectivity index (χ1) is 8.46. The predicted molar refractivity (Wildman–Crippen MR) is 69.2 cm³/mol. The van der Waals surface area contributed by atoms with Gasteiger partial charge < -0.3 is 10.4 Å².